The maximum absolute atomic E-state index is 12.8. The highest BCUT2D eigenvalue weighted by molar-refractivity contribution is 5.67. The molecule has 1 unspecified atom stereocenters. The van der Waals surface area contributed by atoms with Gasteiger partial charge in [-0.1, -0.05) is 0 Å². The molecule has 9 heteroatoms. The molecule has 0 saturated heterocycles. The number of aryl methyl sites for hydroxylation is 1. The molecule has 1 rings (SSSR count). The number of hydrogen-bond donors (Lipinski definition) is 2. The molecule has 1 heterocycles. The van der Waals surface area contributed by atoms with Gasteiger partial charge in [0.15, 0.2) is 5.69 Å². The van der Waals surface area contributed by atoms with E-state index in [-0.39, 0.29) is 12.1 Å². The molecule has 0 aliphatic carbocycles. The number of aromatic nitrogens is 2. The Kier molecular flexibility index (Phi) is 4.87. The van der Waals surface area contributed by atoms with Crippen molar-refractivity contribution in [3.8, 4) is 0 Å². The van der Waals surface area contributed by atoms with E-state index in [0.717, 1.165) is 4.68 Å². The van der Waals surface area contributed by atoms with Crippen LogP contribution in [0.5, 0.6) is 0 Å². The fraction of sp³-hybridized carbons (Fsp3) is 0.667. The molecule has 0 aliphatic heterocycles. The highest BCUT2D eigenvalue weighted by atomic mass is 19.4. The first-order chi connectivity index (χ1) is 9.40. The summed E-state index contributed by atoms with van der Waals surface area (Å²) in [6.45, 7) is 4.84. The van der Waals surface area contributed by atoms with Crippen LogP contribution in [0.25, 0.3) is 0 Å². The summed E-state index contributed by atoms with van der Waals surface area (Å²) in [7, 11) is 1.37. The van der Waals surface area contributed by atoms with Gasteiger partial charge in [0.25, 0.3) is 0 Å². The zero-order valence-electron chi connectivity index (χ0n) is 12.3. The van der Waals surface area contributed by atoms with Crippen LogP contribution in [0.3, 0.4) is 0 Å². The lowest BCUT2D eigenvalue weighted by Crippen LogP contribution is -2.37. The second-order valence-electron chi connectivity index (χ2n) is 5.59. The van der Waals surface area contributed by atoms with E-state index in [1.54, 1.807) is 20.8 Å². The topological polar surface area (TPSA) is 82.2 Å². The van der Waals surface area contributed by atoms with E-state index < -0.39 is 29.6 Å². The van der Waals surface area contributed by atoms with Crippen LogP contribution < -0.4 is 11.1 Å². The van der Waals surface area contributed by atoms with Crippen molar-refractivity contribution in [1.29, 1.82) is 0 Å². The van der Waals surface area contributed by atoms with Crippen LogP contribution >= 0.6 is 0 Å². The molecule has 0 radical (unpaired) electrons. The smallest absolute Gasteiger partial charge is 0.435 e. The molecule has 1 amide bonds. The highest BCUT2D eigenvalue weighted by Gasteiger charge is 2.38. The molecule has 0 bridgehead atoms. The zero-order valence-corrected chi connectivity index (χ0v) is 12.3. The minimum Gasteiger partial charge on any atom is -0.444 e. The van der Waals surface area contributed by atoms with Crippen molar-refractivity contribution in [3.63, 3.8) is 0 Å². The summed E-state index contributed by atoms with van der Waals surface area (Å²) in [5.74, 6) is 0. The first-order valence-electron chi connectivity index (χ1n) is 6.23. The molecule has 0 spiro atoms. The number of alkyl carbamates (subject to hydrolysis) is 1. The quantitative estimate of drug-likeness (QED) is 0.894. The van der Waals surface area contributed by atoms with E-state index in [2.05, 4.69) is 10.4 Å². The predicted octanol–water partition coefficient (Wildman–Crippen LogP) is 1.96. The lowest BCUT2D eigenvalue weighted by atomic mass is 10.1. The van der Waals surface area contributed by atoms with Crippen molar-refractivity contribution >= 4 is 6.09 Å². The summed E-state index contributed by atoms with van der Waals surface area (Å²) in [6, 6.07) is -1.04. The molecule has 0 aromatic carbocycles. The van der Waals surface area contributed by atoms with Gasteiger partial charge in [0.2, 0.25) is 0 Å². The van der Waals surface area contributed by atoms with Crippen molar-refractivity contribution in [2.24, 2.45) is 12.8 Å². The van der Waals surface area contributed by atoms with Crippen molar-refractivity contribution in [2.45, 2.75) is 38.6 Å². The van der Waals surface area contributed by atoms with E-state index in [1.807, 2.05) is 0 Å². The fourth-order valence-corrected chi connectivity index (χ4v) is 1.62. The monoisotopic (exact) mass is 308 g/mol. The Hall–Kier alpha value is -1.77. The third kappa shape index (κ3) is 5.25. The Morgan fingerprint density at radius 1 is 1.48 bits per heavy atom. The number of nitrogens with zero attached hydrogens (tertiary/aromatic N) is 2. The van der Waals surface area contributed by atoms with Gasteiger partial charge in [0.1, 0.15) is 5.60 Å². The Morgan fingerprint density at radius 3 is 2.52 bits per heavy atom. The van der Waals surface area contributed by atoms with Crippen LogP contribution in [0, 0.1) is 0 Å². The average molecular weight is 308 g/mol. The Bertz CT molecular complexity index is 506. The van der Waals surface area contributed by atoms with E-state index in [0.29, 0.717) is 0 Å². The molecule has 21 heavy (non-hydrogen) atoms. The molecule has 3 N–H and O–H groups in total. The largest absolute Gasteiger partial charge is 0.444 e. The van der Waals surface area contributed by atoms with Gasteiger partial charge >= 0.3 is 12.3 Å². The Labute approximate surface area is 120 Å². The normalized spacial score (nSPS) is 13.9. The summed E-state index contributed by atoms with van der Waals surface area (Å²) < 4.78 is 44.4. The van der Waals surface area contributed by atoms with Crippen LogP contribution in [0.2, 0.25) is 0 Å². The standard InChI is InChI=1S/C12H19F3N4O2/c1-11(2,3)21-10(20)17-5-8(16)7-6-19(4)18-9(7)12(13,14)15/h6,8H,5,16H2,1-4H3,(H,17,20). The van der Waals surface area contributed by atoms with Crippen molar-refractivity contribution in [3.05, 3.63) is 17.5 Å². The fourth-order valence-electron chi connectivity index (χ4n) is 1.62. The van der Waals surface area contributed by atoms with E-state index >= 15 is 0 Å². The second kappa shape index (κ2) is 5.92. The lowest BCUT2D eigenvalue weighted by Gasteiger charge is -2.21. The number of nitrogens with one attached hydrogen (secondary N) is 1. The SMILES string of the molecule is Cn1cc(C(N)CNC(=O)OC(C)(C)C)c(C(F)(F)F)n1. The molecule has 6 nitrogen and oxygen atoms in total. The maximum atomic E-state index is 12.8. The highest BCUT2D eigenvalue weighted by Crippen LogP contribution is 2.32. The van der Waals surface area contributed by atoms with Gasteiger partial charge in [-0.2, -0.15) is 18.3 Å². The molecule has 0 fully saturated rings. The summed E-state index contributed by atoms with van der Waals surface area (Å²) in [5.41, 5.74) is 3.77. The van der Waals surface area contributed by atoms with Crippen LogP contribution in [0.4, 0.5) is 18.0 Å². The van der Waals surface area contributed by atoms with E-state index in [4.69, 9.17) is 10.5 Å². The number of alkyl halides is 3. The van der Waals surface area contributed by atoms with Crippen LogP contribution in [0.15, 0.2) is 6.20 Å². The Morgan fingerprint density at radius 2 is 2.05 bits per heavy atom. The summed E-state index contributed by atoms with van der Waals surface area (Å²) in [6.07, 6.45) is -4.15. The minimum absolute atomic E-state index is 0.180. The second-order valence-corrected chi connectivity index (χ2v) is 5.59. The number of carbonyl (C=O) groups is 1. The first kappa shape index (κ1) is 17.3. The summed E-state index contributed by atoms with van der Waals surface area (Å²) >= 11 is 0. The molecular weight excluding hydrogens is 289 g/mol. The third-order valence-electron chi connectivity index (χ3n) is 2.39. The minimum atomic E-state index is -4.60. The van der Waals surface area contributed by atoms with Crippen molar-refractivity contribution in [1.82, 2.24) is 15.1 Å². The van der Waals surface area contributed by atoms with Crippen LogP contribution in [0.1, 0.15) is 38.1 Å². The number of ether oxygens (including phenoxy) is 1. The average Bonchev–Trinajstić information content (AvgIpc) is 2.65. The first-order valence-corrected chi connectivity index (χ1v) is 6.23. The van der Waals surface area contributed by atoms with Gasteiger partial charge in [-0.05, 0) is 20.8 Å². The van der Waals surface area contributed by atoms with Gasteiger partial charge in [-0.25, -0.2) is 4.79 Å². The lowest BCUT2D eigenvalue weighted by molar-refractivity contribution is -0.142. The molecular formula is C12H19F3N4O2. The van der Waals surface area contributed by atoms with Gasteiger partial charge in [-0.15, -0.1) is 0 Å². The van der Waals surface area contributed by atoms with E-state index in [1.165, 1.54) is 13.2 Å². The Balaban J connectivity index is 2.73. The van der Waals surface area contributed by atoms with Crippen LogP contribution in [-0.2, 0) is 18.0 Å². The molecule has 0 aliphatic rings. The van der Waals surface area contributed by atoms with Gasteiger partial charge < -0.3 is 15.8 Å². The summed E-state index contributed by atoms with van der Waals surface area (Å²) in [4.78, 5) is 11.4. The van der Waals surface area contributed by atoms with Gasteiger partial charge in [0, 0.05) is 25.4 Å². The van der Waals surface area contributed by atoms with Crippen LogP contribution in [-0.4, -0.2) is 28.0 Å². The predicted molar refractivity (Wildman–Crippen MR) is 69.4 cm³/mol. The third-order valence-corrected chi connectivity index (χ3v) is 2.39. The summed E-state index contributed by atoms with van der Waals surface area (Å²) in [5, 5.41) is 5.69. The molecule has 0 saturated carbocycles. The van der Waals surface area contributed by atoms with E-state index in [9.17, 15) is 18.0 Å². The molecule has 1 aromatic rings. The van der Waals surface area contributed by atoms with Gasteiger partial charge in [-0.3, -0.25) is 4.68 Å². The number of amides is 1. The molecule has 120 valence electrons. The molecule has 1 atom stereocenters. The van der Waals surface area contributed by atoms with Crippen molar-refractivity contribution in [2.75, 3.05) is 6.54 Å². The van der Waals surface area contributed by atoms with Crippen molar-refractivity contribution < 1.29 is 22.7 Å². The zero-order chi connectivity index (χ0) is 16.4. The number of carbonyl (C=O) groups excluding carboxylic acids is 1. The number of nitrogens with two attached hydrogens (primary N) is 1. The number of halogens is 3. The maximum Gasteiger partial charge on any atom is 0.435 e. The number of hydrogen-bond acceptors (Lipinski definition) is 4. The molecule has 1 aromatic heterocycles. The van der Waals surface area contributed by atoms with Gasteiger partial charge in [0.05, 0.1) is 6.04 Å². The number of rotatable bonds is 3.